The number of carbonyl (C=O) groups is 1. The largest absolute Gasteiger partial charge is 0.460 e. The van der Waals surface area contributed by atoms with Crippen LogP contribution in [0.15, 0.2) is 30.3 Å². The summed E-state index contributed by atoms with van der Waals surface area (Å²) in [5.74, 6) is -8.28. The Morgan fingerprint density at radius 2 is 1.46 bits per heavy atom. The number of piperazine rings is 1. The number of alkyl halides is 7. The Morgan fingerprint density at radius 1 is 0.923 bits per heavy atom. The molecule has 0 spiro atoms. The Kier molecular flexibility index (Phi) is 5.99. The molecule has 1 aliphatic heterocycles. The lowest BCUT2D eigenvalue weighted by Gasteiger charge is -2.36. The van der Waals surface area contributed by atoms with E-state index in [1.807, 2.05) is 35.2 Å². The molecule has 1 heterocycles. The number of carbonyl (C=O) groups excluding carboxylic acids is 1. The topological polar surface area (TPSA) is 23.6 Å². The van der Waals surface area contributed by atoms with Crippen LogP contribution in [0.2, 0.25) is 0 Å². The summed E-state index contributed by atoms with van der Waals surface area (Å²) >= 11 is -0.997. The summed E-state index contributed by atoms with van der Waals surface area (Å²) in [6, 6.07) is 9.19. The summed E-state index contributed by atoms with van der Waals surface area (Å²) in [6.07, 6.45) is -6.39. The van der Waals surface area contributed by atoms with Crippen molar-refractivity contribution in [3.63, 3.8) is 0 Å². The van der Waals surface area contributed by atoms with E-state index in [9.17, 15) is 35.5 Å². The Morgan fingerprint density at radius 3 is 1.96 bits per heavy atom. The fourth-order valence-electron chi connectivity index (χ4n) is 2.35. The van der Waals surface area contributed by atoms with E-state index in [0.29, 0.717) is 13.1 Å². The lowest BCUT2D eigenvalue weighted by atomic mass is 10.2. The average Bonchev–Trinajstić information content (AvgIpc) is 2.59. The Balaban J connectivity index is 1.88. The minimum atomic E-state index is -6.39. The van der Waals surface area contributed by atoms with E-state index < -0.39 is 40.8 Å². The van der Waals surface area contributed by atoms with Crippen LogP contribution >= 0.6 is 11.8 Å². The smallest absolute Gasteiger partial charge is 0.368 e. The standard InChI is InChI=1S/C15H15F7N2OS/c16-13(17,14(18,19)20)15(21,22)26-10-12(25)24-8-6-23(7-9-24)11-4-2-1-3-5-11/h1-5H,6-10H2. The van der Waals surface area contributed by atoms with Crippen LogP contribution in [0.25, 0.3) is 0 Å². The summed E-state index contributed by atoms with van der Waals surface area (Å²) < 4.78 is 88.3. The first kappa shape index (κ1) is 20.7. The SMILES string of the molecule is O=C(CSC(F)(F)C(F)(F)C(F)(F)F)N1CCN(c2ccccc2)CC1. The van der Waals surface area contributed by atoms with Gasteiger partial charge in [-0.3, -0.25) is 4.79 Å². The van der Waals surface area contributed by atoms with Gasteiger partial charge < -0.3 is 9.80 Å². The maximum Gasteiger partial charge on any atom is 0.460 e. The van der Waals surface area contributed by atoms with Gasteiger partial charge >= 0.3 is 17.4 Å². The molecule has 0 atom stereocenters. The van der Waals surface area contributed by atoms with Crippen molar-refractivity contribution in [1.29, 1.82) is 0 Å². The highest BCUT2D eigenvalue weighted by Crippen LogP contribution is 2.51. The van der Waals surface area contributed by atoms with E-state index in [1.54, 1.807) is 0 Å². The summed E-state index contributed by atoms with van der Waals surface area (Å²) in [4.78, 5) is 15.0. The summed E-state index contributed by atoms with van der Waals surface area (Å²) in [6.45, 7) is 1.12. The summed E-state index contributed by atoms with van der Waals surface area (Å²) in [5.41, 5.74) is 0.908. The van der Waals surface area contributed by atoms with Gasteiger partial charge in [0.2, 0.25) is 5.91 Å². The average molecular weight is 404 g/mol. The van der Waals surface area contributed by atoms with Crippen molar-refractivity contribution in [2.75, 3.05) is 36.8 Å². The number of para-hydroxylation sites is 1. The summed E-state index contributed by atoms with van der Waals surface area (Å²) in [7, 11) is 0. The fraction of sp³-hybridized carbons (Fsp3) is 0.533. The molecular weight excluding hydrogens is 389 g/mol. The number of nitrogens with zero attached hydrogens (tertiary/aromatic N) is 2. The van der Waals surface area contributed by atoms with E-state index in [-0.39, 0.29) is 13.1 Å². The van der Waals surface area contributed by atoms with Gasteiger partial charge in [-0.1, -0.05) is 30.0 Å². The molecule has 3 nitrogen and oxygen atoms in total. The molecular formula is C15H15F7N2OS. The van der Waals surface area contributed by atoms with E-state index in [2.05, 4.69) is 0 Å². The predicted molar refractivity (Wildman–Crippen MR) is 83.6 cm³/mol. The highest BCUT2D eigenvalue weighted by Gasteiger charge is 2.73. The lowest BCUT2D eigenvalue weighted by Crippen LogP contribution is -2.52. The van der Waals surface area contributed by atoms with Crippen LogP contribution in [0.5, 0.6) is 0 Å². The van der Waals surface area contributed by atoms with E-state index >= 15 is 0 Å². The zero-order valence-corrected chi connectivity index (χ0v) is 14.1. The van der Waals surface area contributed by atoms with Gasteiger partial charge in [0.15, 0.2) is 0 Å². The highest BCUT2D eigenvalue weighted by atomic mass is 32.2. The van der Waals surface area contributed by atoms with Crippen LogP contribution in [-0.4, -0.2) is 60.1 Å². The maximum atomic E-state index is 13.2. The molecule has 2 rings (SSSR count). The molecule has 0 aromatic heterocycles. The Labute approximate surface area is 149 Å². The van der Waals surface area contributed by atoms with Gasteiger partial charge in [0.1, 0.15) is 0 Å². The molecule has 11 heteroatoms. The third-order valence-corrected chi connectivity index (χ3v) is 4.86. The van der Waals surface area contributed by atoms with Gasteiger partial charge in [0.05, 0.1) is 5.75 Å². The minimum Gasteiger partial charge on any atom is -0.368 e. The lowest BCUT2D eigenvalue weighted by molar-refractivity contribution is -0.330. The third-order valence-electron chi connectivity index (χ3n) is 3.85. The second kappa shape index (κ2) is 7.53. The number of amides is 1. The van der Waals surface area contributed by atoms with Gasteiger partial charge in [-0.15, -0.1) is 0 Å². The van der Waals surface area contributed by atoms with Crippen LogP contribution < -0.4 is 4.90 Å². The van der Waals surface area contributed by atoms with Gasteiger partial charge in [-0.25, -0.2) is 0 Å². The van der Waals surface area contributed by atoms with Gasteiger partial charge in [0, 0.05) is 31.9 Å². The fourth-order valence-corrected chi connectivity index (χ4v) is 3.14. The molecule has 26 heavy (non-hydrogen) atoms. The van der Waals surface area contributed by atoms with Crippen LogP contribution in [0.3, 0.4) is 0 Å². The van der Waals surface area contributed by atoms with E-state index in [4.69, 9.17) is 0 Å². The van der Waals surface area contributed by atoms with Crippen molar-refractivity contribution in [1.82, 2.24) is 4.90 Å². The van der Waals surface area contributed by atoms with Crippen LogP contribution in [0.1, 0.15) is 0 Å². The molecule has 0 N–H and O–H groups in total. The number of thioether (sulfide) groups is 1. The number of hydrogen-bond acceptors (Lipinski definition) is 3. The van der Waals surface area contributed by atoms with Crippen LogP contribution in [0.4, 0.5) is 36.4 Å². The van der Waals surface area contributed by atoms with Crippen molar-refractivity contribution >= 4 is 23.4 Å². The molecule has 1 fully saturated rings. The molecule has 0 radical (unpaired) electrons. The number of anilines is 1. The van der Waals surface area contributed by atoms with Crippen molar-refractivity contribution in [2.45, 2.75) is 17.4 Å². The predicted octanol–water partition coefficient (Wildman–Crippen LogP) is 3.86. The molecule has 146 valence electrons. The number of rotatable bonds is 5. The molecule has 1 aliphatic rings. The molecule has 0 bridgehead atoms. The maximum absolute atomic E-state index is 13.2. The first-order chi connectivity index (χ1) is 12.0. The number of benzene rings is 1. The van der Waals surface area contributed by atoms with E-state index in [1.165, 1.54) is 4.90 Å². The zero-order valence-electron chi connectivity index (χ0n) is 13.3. The number of hydrogen-bond donors (Lipinski definition) is 0. The van der Waals surface area contributed by atoms with Crippen molar-refractivity contribution in [3.8, 4) is 0 Å². The molecule has 1 saturated heterocycles. The zero-order chi connectivity index (χ0) is 19.6. The quantitative estimate of drug-likeness (QED) is 0.697. The van der Waals surface area contributed by atoms with Gasteiger partial charge in [-0.2, -0.15) is 30.7 Å². The Hall–Kier alpha value is -1.65. The third kappa shape index (κ3) is 4.36. The monoisotopic (exact) mass is 404 g/mol. The molecule has 1 aromatic carbocycles. The Bertz CT molecular complexity index is 616. The van der Waals surface area contributed by atoms with Gasteiger partial charge in [-0.05, 0) is 12.1 Å². The van der Waals surface area contributed by atoms with Crippen LogP contribution in [-0.2, 0) is 4.79 Å². The van der Waals surface area contributed by atoms with Crippen LogP contribution in [0, 0.1) is 0 Å². The van der Waals surface area contributed by atoms with Gasteiger partial charge in [0.25, 0.3) is 0 Å². The van der Waals surface area contributed by atoms with E-state index in [0.717, 1.165) is 5.69 Å². The second-order valence-corrected chi connectivity index (χ2v) is 6.67. The molecule has 1 aromatic rings. The molecule has 0 aliphatic carbocycles. The second-order valence-electron chi connectivity index (χ2n) is 5.58. The summed E-state index contributed by atoms with van der Waals surface area (Å²) in [5, 5.41) is -5.42. The van der Waals surface area contributed by atoms with Crippen molar-refractivity contribution in [2.24, 2.45) is 0 Å². The first-order valence-corrected chi connectivity index (χ1v) is 8.48. The molecule has 1 amide bonds. The molecule has 0 unspecified atom stereocenters. The first-order valence-electron chi connectivity index (χ1n) is 7.50. The molecule has 0 saturated carbocycles. The number of halogens is 7. The normalized spacial score (nSPS) is 16.7. The minimum absolute atomic E-state index is 0.162. The van der Waals surface area contributed by atoms with Crippen molar-refractivity contribution in [3.05, 3.63) is 30.3 Å². The van der Waals surface area contributed by atoms with Crippen molar-refractivity contribution < 1.29 is 35.5 Å². The highest BCUT2D eigenvalue weighted by molar-refractivity contribution is 8.01.